The van der Waals surface area contributed by atoms with Gasteiger partial charge in [0.25, 0.3) is 0 Å². The van der Waals surface area contributed by atoms with E-state index in [1.165, 1.54) is 5.56 Å². The summed E-state index contributed by atoms with van der Waals surface area (Å²) in [5.41, 5.74) is 8.04. The molecule has 1 unspecified atom stereocenters. The summed E-state index contributed by atoms with van der Waals surface area (Å²) in [6, 6.07) is 8.07. The van der Waals surface area contributed by atoms with Gasteiger partial charge in [-0.1, -0.05) is 19.1 Å². The van der Waals surface area contributed by atoms with Crippen LogP contribution in [0.15, 0.2) is 29.3 Å². The molecular weight excluding hydrogens is 407 g/mol. The van der Waals surface area contributed by atoms with Gasteiger partial charge in [-0.3, -0.25) is 9.89 Å². The molecule has 1 aromatic rings. The summed E-state index contributed by atoms with van der Waals surface area (Å²) < 4.78 is 5.28. The number of nitrogens with two attached hydrogens (primary N) is 1. The number of β-amino-alcohol motifs (C(OH)–C–C–N with tert-alkyl or cyclic N) is 1. The summed E-state index contributed by atoms with van der Waals surface area (Å²) in [6.45, 7) is 6.19. The van der Waals surface area contributed by atoms with Crippen LogP contribution in [0.3, 0.4) is 0 Å². The maximum absolute atomic E-state index is 10.0. The lowest BCUT2D eigenvalue weighted by atomic mass is 10.1. The van der Waals surface area contributed by atoms with Crippen LogP contribution < -0.4 is 11.1 Å². The fraction of sp³-hybridized carbons (Fsp3) is 0.562. The molecule has 1 saturated heterocycles. The molecule has 2 rings (SSSR count). The Balaban J connectivity index is 0.00000264. The number of rotatable bonds is 6. The van der Waals surface area contributed by atoms with Gasteiger partial charge in [-0.15, -0.1) is 24.0 Å². The van der Waals surface area contributed by atoms with Gasteiger partial charge in [-0.05, 0) is 24.1 Å². The van der Waals surface area contributed by atoms with Gasteiger partial charge in [0.05, 0.1) is 25.9 Å². The lowest BCUT2D eigenvalue weighted by Crippen LogP contribution is -2.42. The van der Waals surface area contributed by atoms with Crippen LogP contribution in [0, 0.1) is 0 Å². The van der Waals surface area contributed by atoms with Crippen LogP contribution in [0.5, 0.6) is 0 Å². The lowest BCUT2D eigenvalue weighted by Gasteiger charge is -2.28. The SMILES string of the molecule is CCc1ccc(NC(N)=NCC(O)CN2CCOCC2)cc1.I. The Morgan fingerprint density at radius 2 is 2.00 bits per heavy atom. The Kier molecular flexibility index (Phi) is 9.46. The number of anilines is 1. The van der Waals surface area contributed by atoms with Crippen LogP contribution in [-0.2, 0) is 11.2 Å². The Morgan fingerprint density at radius 3 is 2.61 bits per heavy atom. The highest BCUT2D eigenvalue weighted by atomic mass is 127. The van der Waals surface area contributed by atoms with Crippen molar-refractivity contribution >= 4 is 35.6 Å². The number of aliphatic imine (C=N–C) groups is 1. The zero-order chi connectivity index (χ0) is 15.8. The van der Waals surface area contributed by atoms with Crippen LogP contribution in [0.2, 0.25) is 0 Å². The van der Waals surface area contributed by atoms with Crippen molar-refractivity contribution in [2.75, 3.05) is 44.7 Å². The predicted octanol–water partition coefficient (Wildman–Crippen LogP) is 1.29. The van der Waals surface area contributed by atoms with E-state index in [-0.39, 0.29) is 24.0 Å². The molecule has 1 heterocycles. The molecule has 1 aliphatic rings. The summed E-state index contributed by atoms with van der Waals surface area (Å²) in [5.74, 6) is 0.324. The lowest BCUT2D eigenvalue weighted by molar-refractivity contribution is 0.0165. The average molecular weight is 434 g/mol. The van der Waals surface area contributed by atoms with Gasteiger partial charge >= 0.3 is 0 Å². The van der Waals surface area contributed by atoms with Crippen LogP contribution in [0.1, 0.15) is 12.5 Å². The molecule has 130 valence electrons. The zero-order valence-electron chi connectivity index (χ0n) is 13.6. The molecule has 1 aliphatic heterocycles. The van der Waals surface area contributed by atoms with Gasteiger partial charge in [-0.2, -0.15) is 0 Å². The highest BCUT2D eigenvalue weighted by Gasteiger charge is 2.14. The number of morpholine rings is 1. The zero-order valence-corrected chi connectivity index (χ0v) is 15.9. The molecule has 1 atom stereocenters. The maximum Gasteiger partial charge on any atom is 0.193 e. The van der Waals surface area contributed by atoms with Crippen LogP contribution in [0.4, 0.5) is 5.69 Å². The predicted molar refractivity (Wildman–Crippen MR) is 105 cm³/mol. The van der Waals surface area contributed by atoms with Crippen molar-refractivity contribution in [2.24, 2.45) is 10.7 Å². The van der Waals surface area contributed by atoms with E-state index >= 15 is 0 Å². The number of aliphatic hydroxyl groups excluding tert-OH is 1. The van der Waals surface area contributed by atoms with Gasteiger partial charge in [0.1, 0.15) is 0 Å². The first-order chi connectivity index (χ1) is 10.7. The van der Waals surface area contributed by atoms with Gasteiger partial charge in [0, 0.05) is 25.3 Å². The third-order valence-electron chi connectivity index (χ3n) is 3.68. The number of aliphatic hydroxyl groups is 1. The van der Waals surface area contributed by atoms with E-state index in [0.717, 1.165) is 38.4 Å². The maximum atomic E-state index is 10.0. The summed E-state index contributed by atoms with van der Waals surface area (Å²) in [4.78, 5) is 6.38. The topological polar surface area (TPSA) is 83.1 Å². The van der Waals surface area contributed by atoms with Crippen molar-refractivity contribution in [3.05, 3.63) is 29.8 Å². The smallest absolute Gasteiger partial charge is 0.193 e. The summed E-state index contributed by atoms with van der Waals surface area (Å²) in [5, 5.41) is 13.0. The number of nitrogens with zero attached hydrogens (tertiary/aromatic N) is 2. The summed E-state index contributed by atoms with van der Waals surface area (Å²) >= 11 is 0. The molecule has 0 aliphatic carbocycles. The van der Waals surface area contributed by atoms with E-state index in [2.05, 4.69) is 34.3 Å². The largest absolute Gasteiger partial charge is 0.390 e. The van der Waals surface area contributed by atoms with Gasteiger partial charge in [-0.25, -0.2) is 0 Å². The first-order valence-corrected chi connectivity index (χ1v) is 7.81. The third-order valence-corrected chi connectivity index (χ3v) is 3.68. The minimum Gasteiger partial charge on any atom is -0.390 e. The Morgan fingerprint density at radius 1 is 1.35 bits per heavy atom. The summed E-state index contributed by atoms with van der Waals surface area (Å²) in [6.07, 6.45) is 0.498. The second-order valence-electron chi connectivity index (χ2n) is 5.47. The van der Waals surface area contributed by atoms with Gasteiger partial charge in [0.2, 0.25) is 0 Å². The van der Waals surface area contributed by atoms with E-state index in [4.69, 9.17) is 10.5 Å². The fourth-order valence-electron chi connectivity index (χ4n) is 2.35. The van der Waals surface area contributed by atoms with E-state index < -0.39 is 6.10 Å². The molecule has 0 radical (unpaired) electrons. The molecule has 0 bridgehead atoms. The molecule has 0 saturated carbocycles. The minimum atomic E-state index is -0.513. The summed E-state index contributed by atoms with van der Waals surface area (Å²) in [7, 11) is 0. The highest BCUT2D eigenvalue weighted by molar-refractivity contribution is 14.0. The first kappa shape index (κ1) is 20.1. The van der Waals surface area contributed by atoms with E-state index in [0.29, 0.717) is 19.0 Å². The van der Waals surface area contributed by atoms with Crippen molar-refractivity contribution in [1.82, 2.24) is 4.90 Å². The molecule has 0 amide bonds. The molecule has 23 heavy (non-hydrogen) atoms. The average Bonchev–Trinajstić information content (AvgIpc) is 2.55. The van der Waals surface area contributed by atoms with E-state index in [9.17, 15) is 5.11 Å². The number of ether oxygens (including phenoxy) is 1. The van der Waals surface area contributed by atoms with Gasteiger partial charge < -0.3 is 20.9 Å². The van der Waals surface area contributed by atoms with Gasteiger partial charge in [0.15, 0.2) is 5.96 Å². The van der Waals surface area contributed by atoms with Crippen molar-refractivity contribution in [3.8, 4) is 0 Å². The van der Waals surface area contributed by atoms with E-state index in [1.807, 2.05) is 12.1 Å². The highest BCUT2D eigenvalue weighted by Crippen LogP contribution is 2.09. The number of guanidine groups is 1. The second kappa shape index (κ2) is 10.8. The van der Waals surface area contributed by atoms with Crippen LogP contribution in [0.25, 0.3) is 0 Å². The second-order valence-corrected chi connectivity index (χ2v) is 5.47. The fourth-order valence-corrected chi connectivity index (χ4v) is 2.35. The molecule has 6 nitrogen and oxygen atoms in total. The van der Waals surface area contributed by atoms with E-state index in [1.54, 1.807) is 0 Å². The van der Waals surface area contributed by atoms with Crippen molar-refractivity contribution < 1.29 is 9.84 Å². The number of hydrogen-bond donors (Lipinski definition) is 3. The number of benzene rings is 1. The molecule has 7 heteroatoms. The monoisotopic (exact) mass is 434 g/mol. The molecule has 1 aromatic carbocycles. The normalized spacial score (nSPS) is 17.4. The Bertz CT molecular complexity index is 475. The first-order valence-electron chi connectivity index (χ1n) is 7.81. The molecule has 0 aromatic heterocycles. The van der Waals surface area contributed by atoms with Crippen LogP contribution >= 0.6 is 24.0 Å². The minimum absolute atomic E-state index is 0. The van der Waals surface area contributed by atoms with Crippen molar-refractivity contribution in [3.63, 3.8) is 0 Å². The molecule has 1 fully saturated rings. The quantitative estimate of drug-likeness (QED) is 0.357. The van der Waals surface area contributed by atoms with Crippen molar-refractivity contribution in [1.29, 1.82) is 0 Å². The molecule has 0 spiro atoms. The molecular formula is C16H27IN4O2. The van der Waals surface area contributed by atoms with Crippen molar-refractivity contribution in [2.45, 2.75) is 19.4 Å². The third kappa shape index (κ3) is 7.47. The molecule has 4 N–H and O–H groups in total. The number of aryl methyl sites for hydroxylation is 1. The number of halogens is 1. The Labute approximate surface area is 155 Å². The number of nitrogens with one attached hydrogen (secondary N) is 1. The standard InChI is InChI=1S/C16H26N4O2.HI/c1-2-13-3-5-14(6-4-13)19-16(17)18-11-15(21)12-20-7-9-22-10-8-20;/h3-6,15,21H,2,7-12H2,1H3,(H3,17,18,19);1H. The Hall–Kier alpha value is -0.900. The number of hydrogen-bond acceptors (Lipinski definition) is 4. The van der Waals surface area contributed by atoms with Crippen LogP contribution in [-0.4, -0.2) is 61.5 Å².